The lowest BCUT2D eigenvalue weighted by Crippen LogP contribution is -2.08. The van der Waals surface area contributed by atoms with Crippen LogP contribution in [0.3, 0.4) is 0 Å². The summed E-state index contributed by atoms with van der Waals surface area (Å²) in [6.45, 7) is 1.11. The van der Waals surface area contributed by atoms with Crippen molar-refractivity contribution in [3.8, 4) is 0 Å². The molecule has 0 aliphatic rings. The van der Waals surface area contributed by atoms with Gasteiger partial charge in [-0.3, -0.25) is 5.43 Å². The largest absolute Gasteiger partial charge is 0.416 e. The topological polar surface area (TPSA) is 95.6 Å². The Balaban J connectivity index is 3.05. The molecule has 0 fully saturated rings. The number of anilines is 1. The third kappa shape index (κ3) is 6.05. The van der Waals surface area contributed by atoms with Crippen LogP contribution in [0.5, 0.6) is 0 Å². The van der Waals surface area contributed by atoms with Crippen LogP contribution in [0.1, 0.15) is 12.5 Å². The Hall–Kier alpha value is -2.33. The molecule has 0 unspecified atom stereocenters. The number of carbonyl (C=O) groups excluding carboxylic acids is 1. The van der Waals surface area contributed by atoms with Crippen molar-refractivity contribution >= 4 is 53.0 Å². The van der Waals surface area contributed by atoms with Gasteiger partial charge in [-0.1, -0.05) is 33.5 Å². The minimum atomic E-state index is -4.61. The van der Waals surface area contributed by atoms with Crippen molar-refractivity contribution in [3.63, 3.8) is 0 Å². The highest BCUT2D eigenvalue weighted by Crippen LogP contribution is 2.38. The van der Waals surface area contributed by atoms with Gasteiger partial charge in [-0.25, -0.2) is 4.79 Å². The molecule has 130 valence electrons. The van der Waals surface area contributed by atoms with Gasteiger partial charge in [0.25, 0.3) is 0 Å². The summed E-state index contributed by atoms with van der Waals surface area (Å²) >= 11 is 11.5. The summed E-state index contributed by atoms with van der Waals surface area (Å²) in [6, 6.07) is 1.33. The summed E-state index contributed by atoms with van der Waals surface area (Å²) in [5, 5.41) is 17.4. The first-order valence-corrected chi connectivity index (χ1v) is 6.69. The molecule has 0 heterocycles. The molecule has 0 amide bonds. The molecular weight excluding hydrogens is 376 g/mol. The van der Waals surface area contributed by atoms with Crippen molar-refractivity contribution in [2.75, 3.05) is 5.43 Å². The number of halogens is 5. The maximum atomic E-state index is 12.6. The Morgan fingerprint density at radius 1 is 1.29 bits per heavy atom. The van der Waals surface area contributed by atoms with Crippen LogP contribution in [0, 0.1) is 0 Å². The first-order valence-electron chi connectivity index (χ1n) is 5.93. The first kappa shape index (κ1) is 19.7. The van der Waals surface area contributed by atoms with Gasteiger partial charge in [0.05, 0.1) is 33.7 Å². The van der Waals surface area contributed by atoms with E-state index in [0.717, 1.165) is 19.4 Å². The lowest BCUT2D eigenvalue weighted by atomic mass is 10.2. The molecule has 0 aromatic heterocycles. The maximum absolute atomic E-state index is 12.6. The molecule has 0 saturated heterocycles. The van der Waals surface area contributed by atoms with E-state index in [0.29, 0.717) is 12.1 Å². The van der Waals surface area contributed by atoms with Crippen molar-refractivity contribution in [2.24, 2.45) is 15.4 Å². The lowest BCUT2D eigenvalue weighted by molar-refractivity contribution is -0.141. The van der Waals surface area contributed by atoms with E-state index in [9.17, 15) is 18.0 Å². The Morgan fingerprint density at radius 3 is 2.33 bits per heavy atom. The number of nitrogens with zero attached hydrogens (tertiary/aromatic N) is 3. The fraction of sp³-hybridized carbons (Fsp3) is 0.167. The zero-order valence-corrected chi connectivity index (χ0v) is 13.3. The van der Waals surface area contributed by atoms with Crippen molar-refractivity contribution in [2.45, 2.75) is 13.1 Å². The van der Waals surface area contributed by atoms with Gasteiger partial charge in [0.15, 0.2) is 0 Å². The highest BCUT2D eigenvalue weighted by Gasteiger charge is 2.32. The SMILES string of the molecule is CC(=O)ON=CC(C=NO)=NNc1c(Cl)cc(C(F)(F)F)cc1Cl. The van der Waals surface area contributed by atoms with Crippen LogP contribution in [0.25, 0.3) is 0 Å². The summed E-state index contributed by atoms with van der Waals surface area (Å²) in [6.07, 6.45) is -2.90. The van der Waals surface area contributed by atoms with Gasteiger partial charge in [-0.15, -0.1) is 0 Å². The van der Waals surface area contributed by atoms with Gasteiger partial charge in [-0.2, -0.15) is 18.3 Å². The standard InChI is InChI=1S/C12H9Cl2F3N4O3/c1-6(22)24-19-5-8(4-18-23)20-21-11-9(13)2-7(3-10(11)14)12(15,16)17/h2-5,21,23H,1H3. The molecule has 2 N–H and O–H groups in total. The molecule has 0 bridgehead atoms. The van der Waals surface area contributed by atoms with Crippen molar-refractivity contribution in [1.29, 1.82) is 0 Å². The summed E-state index contributed by atoms with van der Waals surface area (Å²) in [4.78, 5) is 14.8. The van der Waals surface area contributed by atoms with Crippen molar-refractivity contribution in [3.05, 3.63) is 27.7 Å². The molecule has 12 heteroatoms. The predicted octanol–water partition coefficient (Wildman–Crippen LogP) is 3.79. The van der Waals surface area contributed by atoms with Crippen LogP contribution in [0.2, 0.25) is 10.0 Å². The number of benzene rings is 1. The van der Waals surface area contributed by atoms with Crippen LogP contribution in [0.4, 0.5) is 18.9 Å². The number of nitrogens with one attached hydrogen (secondary N) is 1. The number of hydrazone groups is 1. The van der Waals surface area contributed by atoms with E-state index in [-0.39, 0.29) is 21.4 Å². The average Bonchev–Trinajstić information content (AvgIpc) is 2.44. The molecule has 0 aliphatic heterocycles. The molecule has 0 atom stereocenters. The highest BCUT2D eigenvalue weighted by atomic mass is 35.5. The summed E-state index contributed by atoms with van der Waals surface area (Å²) in [5.41, 5.74) is 1.02. The number of carbonyl (C=O) groups is 1. The minimum Gasteiger partial charge on any atom is -0.411 e. The van der Waals surface area contributed by atoms with E-state index < -0.39 is 17.7 Å². The Kier molecular flexibility index (Phi) is 6.98. The lowest BCUT2D eigenvalue weighted by Gasteiger charge is -2.11. The Bertz CT molecular complexity index is 682. The number of hydrogen-bond donors (Lipinski definition) is 2. The number of rotatable bonds is 5. The van der Waals surface area contributed by atoms with Crippen molar-refractivity contribution < 1.29 is 28.0 Å². The fourth-order valence-corrected chi connectivity index (χ4v) is 1.84. The number of hydrogen-bond acceptors (Lipinski definition) is 7. The molecular formula is C12H9Cl2F3N4O3. The van der Waals surface area contributed by atoms with Gasteiger partial charge in [0, 0.05) is 6.92 Å². The average molecular weight is 385 g/mol. The van der Waals surface area contributed by atoms with E-state index in [2.05, 4.69) is 25.7 Å². The summed E-state index contributed by atoms with van der Waals surface area (Å²) in [5.74, 6) is -0.701. The molecule has 0 saturated carbocycles. The second kappa shape index (κ2) is 8.50. The van der Waals surface area contributed by atoms with Gasteiger partial charge in [-0.05, 0) is 12.1 Å². The first-order chi connectivity index (χ1) is 11.1. The second-order valence-electron chi connectivity index (χ2n) is 4.02. The van der Waals surface area contributed by atoms with Crippen molar-refractivity contribution in [1.82, 2.24) is 0 Å². The van der Waals surface area contributed by atoms with E-state index in [1.54, 1.807) is 0 Å². The summed E-state index contributed by atoms with van der Waals surface area (Å²) in [7, 11) is 0. The minimum absolute atomic E-state index is 0.115. The Morgan fingerprint density at radius 2 is 1.88 bits per heavy atom. The second-order valence-corrected chi connectivity index (χ2v) is 4.84. The Labute approximate surface area is 143 Å². The van der Waals surface area contributed by atoms with E-state index >= 15 is 0 Å². The van der Waals surface area contributed by atoms with Gasteiger partial charge < -0.3 is 10.0 Å². The van der Waals surface area contributed by atoms with Crippen LogP contribution >= 0.6 is 23.2 Å². The van der Waals surface area contributed by atoms with Gasteiger partial charge in [0.2, 0.25) is 0 Å². The van der Waals surface area contributed by atoms with E-state index in [1.165, 1.54) is 0 Å². The van der Waals surface area contributed by atoms with Gasteiger partial charge >= 0.3 is 12.1 Å². The highest BCUT2D eigenvalue weighted by molar-refractivity contribution is 6.55. The molecule has 1 aromatic carbocycles. The molecule has 24 heavy (non-hydrogen) atoms. The maximum Gasteiger partial charge on any atom is 0.416 e. The molecule has 0 aliphatic carbocycles. The number of alkyl halides is 3. The zero-order chi connectivity index (χ0) is 18.3. The predicted molar refractivity (Wildman–Crippen MR) is 83.1 cm³/mol. The van der Waals surface area contributed by atoms with Crippen LogP contribution < -0.4 is 5.43 Å². The number of oxime groups is 2. The quantitative estimate of drug-likeness (QED) is 0.349. The smallest absolute Gasteiger partial charge is 0.411 e. The third-order valence-electron chi connectivity index (χ3n) is 2.22. The van der Waals surface area contributed by atoms with Crippen LogP contribution in [-0.2, 0) is 15.8 Å². The van der Waals surface area contributed by atoms with E-state index in [1.807, 2.05) is 0 Å². The molecule has 1 rings (SSSR count). The molecule has 7 nitrogen and oxygen atoms in total. The third-order valence-corrected chi connectivity index (χ3v) is 2.82. The van der Waals surface area contributed by atoms with E-state index in [4.69, 9.17) is 28.4 Å². The zero-order valence-electron chi connectivity index (χ0n) is 11.8. The van der Waals surface area contributed by atoms with Crippen LogP contribution in [-0.4, -0.2) is 29.3 Å². The fourth-order valence-electron chi connectivity index (χ4n) is 1.27. The van der Waals surface area contributed by atoms with Crippen LogP contribution in [0.15, 0.2) is 27.5 Å². The normalized spacial score (nSPS) is 12.8. The van der Waals surface area contributed by atoms with Gasteiger partial charge in [0.1, 0.15) is 5.71 Å². The summed E-state index contributed by atoms with van der Waals surface area (Å²) < 4.78 is 37.9. The molecule has 1 aromatic rings. The molecule has 0 spiro atoms. The molecule has 0 radical (unpaired) electrons. The monoisotopic (exact) mass is 384 g/mol.